The molecule has 6 rings (SSSR count). The number of hydrogen-bond donors (Lipinski definition) is 0. The van der Waals surface area contributed by atoms with E-state index >= 15 is 0 Å². The molecule has 0 N–H and O–H groups in total. The quantitative estimate of drug-likeness (QED) is 0.230. The SMILES string of the molecule is C.C.C.C.C.C1CCC1.C1CCC1.C1CCC1.C1CCC1.C1CCC1.C1CCC1.[2HH].[2HH].[Y].[Y].[Y].[Y]. The van der Waals surface area contributed by atoms with Gasteiger partial charge in [-0.3, -0.25) is 0 Å². The van der Waals surface area contributed by atoms with Gasteiger partial charge < -0.3 is 0 Å². The van der Waals surface area contributed by atoms with E-state index in [1.165, 1.54) is 154 Å². The van der Waals surface area contributed by atoms with Gasteiger partial charge in [-0.05, 0) is 0 Å². The zero-order valence-corrected chi connectivity index (χ0v) is 30.6. The molecule has 0 unspecified atom stereocenters. The largest absolute Gasteiger partial charge is 0.0776 e. The molecular formula is C29H72Y4. The Labute approximate surface area is 319 Å². The Bertz CT molecular complexity index is 139. The fraction of sp³-hybridized carbons (Fsp3) is 1.00. The third-order valence-electron chi connectivity index (χ3n) is 6.00. The molecule has 6 aliphatic rings. The monoisotopic (exact) mass is 778 g/mol. The molecule has 0 aliphatic heterocycles. The van der Waals surface area contributed by atoms with Gasteiger partial charge in [-0.25, -0.2) is 0 Å². The summed E-state index contributed by atoms with van der Waals surface area (Å²) in [4.78, 5) is 0. The van der Waals surface area contributed by atoms with E-state index in [2.05, 4.69) is 0 Å². The second kappa shape index (κ2) is 56.6. The summed E-state index contributed by atoms with van der Waals surface area (Å²) in [5, 5.41) is 0. The molecule has 33 heavy (non-hydrogen) atoms. The van der Waals surface area contributed by atoms with Crippen LogP contribution in [0.25, 0.3) is 0 Å². The van der Waals surface area contributed by atoms with Crippen LogP contribution in [0.15, 0.2) is 0 Å². The Morgan fingerprint density at radius 1 is 0.152 bits per heavy atom. The normalized spacial score (nSPS) is 17.5. The first kappa shape index (κ1) is 61.4. The first-order valence-corrected chi connectivity index (χ1v) is 12.0. The third kappa shape index (κ3) is 53.4. The zero-order valence-electron chi connectivity index (χ0n) is 19.3. The van der Waals surface area contributed by atoms with Crippen molar-refractivity contribution in [2.75, 3.05) is 0 Å². The van der Waals surface area contributed by atoms with Gasteiger partial charge in [0, 0.05) is 134 Å². The first-order chi connectivity index (χ1) is 12.0. The predicted octanol–water partition coefficient (Wildman–Crippen LogP) is 13.0. The summed E-state index contributed by atoms with van der Waals surface area (Å²) in [5.74, 6) is 0. The van der Waals surface area contributed by atoms with Gasteiger partial charge in [0.05, 0.1) is 0 Å². The molecule has 6 fully saturated rings. The van der Waals surface area contributed by atoms with Gasteiger partial charge in [-0.2, -0.15) is 0 Å². The molecule has 0 atom stereocenters. The summed E-state index contributed by atoms with van der Waals surface area (Å²) >= 11 is 0. The molecule has 0 saturated heterocycles. The van der Waals surface area contributed by atoms with Crippen LogP contribution < -0.4 is 0 Å². The first-order valence-electron chi connectivity index (χ1n) is 12.0. The zero-order chi connectivity index (χ0) is 17.0. The average molecular weight is 779 g/mol. The smallest absolute Gasteiger partial charge is 0 e. The van der Waals surface area contributed by atoms with Crippen molar-refractivity contribution in [1.82, 2.24) is 0 Å². The summed E-state index contributed by atoms with van der Waals surface area (Å²) in [6.45, 7) is 0. The van der Waals surface area contributed by atoms with Crippen molar-refractivity contribution in [3.05, 3.63) is 0 Å². The summed E-state index contributed by atoms with van der Waals surface area (Å²) < 4.78 is 0. The molecule has 200 valence electrons. The van der Waals surface area contributed by atoms with Crippen molar-refractivity contribution in [2.24, 2.45) is 0 Å². The number of rotatable bonds is 0. The maximum absolute atomic E-state index is 1.50. The molecule has 4 radical (unpaired) electrons. The van der Waals surface area contributed by atoms with E-state index in [-0.39, 0.29) is 171 Å². The van der Waals surface area contributed by atoms with Gasteiger partial charge >= 0.3 is 0 Å². The standard InChI is InChI=1S/6C4H8.5CH4.4Y.2H2/c6*1-2-4-3-1;;;;;;;;;;;/h6*1-4H2;5*1H4;;;;;2*1H/i;;;;;;;;;;;;;;;2*1+1. The van der Waals surface area contributed by atoms with Gasteiger partial charge in [0.1, 0.15) is 0 Å². The Hall–Kier alpha value is 4.42. The van der Waals surface area contributed by atoms with Crippen LogP contribution in [0.5, 0.6) is 0 Å². The van der Waals surface area contributed by atoms with Crippen molar-refractivity contribution < 1.29 is 134 Å². The van der Waals surface area contributed by atoms with Gasteiger partial charge in [-0.1, -0.05) is 191 Å². The van der Waals surface area contributed by atoms with Crippen molar-refractivity contribution in [2.45, 2.75) is 191 Å². The Kier molecular flexibility index (Phi) is 105. The van der Waals surface area contributed by atoms with Crippen molar-refractivity contribution in [3.8, 4) is 0 Å². The van der Waals surface area contributed by atoms with Gasteiger partial charge in [0.2, 0.25) is 0 Å². The number of hydrogen-bond acceptors (Lipinski definition) is 0. The van der Waals surface area contributed by atoms with Crippen LogP contribution in [0.3, 0.4) is 0 Å². The molecule has 4 heteroatoms. The van der Waals surface area contributed by atoms with Crippen molar-refractivity contribution in [1.29, 1.82) is 0 Å². The van der Waals surface area contributed by atoms with Crippen LogP contribution in [0.4, 0.5) is 0 Å². The van der Waals surface area contributed by atoms with Crippen LogP contribution >= 0.6 is 0 Å². The molecule has 0 amide bonds. The maximum Gasteiger partial charge on any atom is 0 e. The van der Waals surface area contributed by atoms with Crippen LogP contribution in [-0.2, 0) is 131 Å². The van der Waals surface area contributed by atoms with E-state index in [1.54, 1.807) is 0 Å². The molecule has 0 heterocycles. The summed E-state index contributed by atoms with van der Waals surface area (Å²) in [6.07, 6.45) is 36.0. The van der Waals surface area contributed by atoms with Crippen LogP contribution in [-0.4, -0.2) is 0 Å². The fourth-order valence-corrected chi connectivity index (χ4v) is 1.50. The van der Waals surface area contributed by atoms with Crippen LogP contribution in [0.1, 0.15) is 194 Å². The van der Waals surface area contributed by atoms with Gasteiger partial charge in [-0.15, -0.1) is 0 Å². The Balaban J connectivity index is -0.0000000206. The van der Waals surface area contributed by atoms with E-state index in [1.807, 2.05) is 0 Å². The molecule has 6 aliphatic carbocycles. The molecule has 0 aromatic carbocycles. The molecule has 0 nitrogen and oxygen atoms in total. The Morgan fingerprint density at radius 2 is 0.182 bits per heavy atom. The van der Waals surface area contributed by atoms with Crippen molar-refractivity contribution in [3.63, 3.8) is 0 Å². The minimum absolute atomic E-state index is 0. The van der Waals surface area contributed by atoms with E-state index < -0.39 is 0 Å². The second-order valence-electron chi connectivity index (χ2n) is 8.49. The third-order valence-corrected chi connectivity index (χ3v) is 6.00. The Morgan fingerprint density at radius 3 is 0.182 bits per heavy atom. The van der Waals surface area contributed by atoms with E-state index in [0.29, 0.717) is 0 Å². The van der Waals surface area contributed by atoms with Crippen molar-refractivity contribution >= 4 is 0 Å². The summed E-state index contributed by atoms with van der Waals surface area (Å²) in [7, 11) is 0. The summed E-state index contributed by atoms with van der Waals surface area (Å²) in [6, 6.07) is 0. The molecule has 6 saturated carbocycles. The van der Waals surface area contributed by atoms with E-state index in [4.69, 9.17) is 0 Å². The van der Waals surface area contributed by atoms with Crippen LogP contribution in [0, 0.1) is 0 Å². The molecule has 0 bridgehead atoms. The second-order valence-corrected chi connectivity index (χ2v) is 8.49. The molecule has 0 spiro atoms. The molecule has 0 aromatic rings. The summed E-state index contributed by atoms with van der Waals surface area (Å²) in [5.41, 5.74) is 0. The minimum Gasteiger partial charge on any atom is -0.0776 e. The van der Waals surface area contributed by atoms with Gasteiger partial charge in [0.15, 0.2) is 0 Å². The van der Waals surface area contributed by atoms with E-state index in [0.717, 1.165) is 0 Å². The predicted molar refractivity (Wildman–Crippen MR) is 149 cm³/mol. The topological polar surface area (TPSA) is 0 Å². The van der Waals surface area contributed by atoms with Crippen LogP contribution in [0.2, 0.25) is 0 Å². The molecular weight excluding hydrogens is 704 g/mol. The average Bonchev–Trinajstić information content (AvgIpc) is 1.94. The fourth-order valence-electron chi connectivity index (χ4n) is 1.50. The minimum atomic E-state index is 0. The van der Waals surface area contributed by atoms with E-state index in [9.17, 15) is 0 Å². The van der Waals surface area contributed by atoms with Gasteiger partial charge in [0.25, 0.3) is 0 Å². The maximum atomic E-state index is 1.50. The molecule has 0 aromatic heterocycles.